The van der Waals surface area contributed by atoms with Crippen LogP contribution in [0.2, 0.25) is 0 Å². The summed E-state index contributed by atoms with van der Waals surface area (Å²) in [6, 6.07) is 15.2. The number of amides is 1. The minimum absolute atomic E-state index is 0.165. The van der Waals surface area contributed by atoms with Crippen molar-refractivity contribution in [3.8, 4) is 5.69 Å². The van der Waals surface area contributed by atoms with Crippen LogP contribution in [0.1, 0.15) is 54.3 Å². The summed E-state index contributed by atoms with van der Waals surface area (Å²) in [4.78, 5) is 41.6. The number of nitro benzene ring substituents is 1. The van der Waals surface area contributed by atoms with Crippen molar-refractivity contribution in [2.24, 2.45) is 0 Å². The van der Waals surface area contributed by atoms with Gasteiger partial charge in [-0.2, -0.15) is 5.10 Å². The fourth-order valence-electron chi connectivity index (χ4n) is 4.75. The number of aryl methyl sites for hydroxylation is 1. The van der Waals surface area contributed by atoms with Gasteiger partial charge in [0.2, 0.25) is 11.4 Å². The zero-order valence-corrected chi connectivity index (χ0v) is 19.2. The van der Waals surface area contributed by atoms with Crippen molar-refractivity contribution in [3.05, 3.63) is 86.3 Å². The van der Waals surface area contributed by atoms with Gasteiger partial charge < -0.3 is 4.57 Å². The molecule has 10 nitrogen and oxygen atoms in total. The van der Waals surface area contributed by atoms with Gasteiger partial charge >= 0.3 is 0 Å². The number of nitrogens with one attached hydrogen (secondary N) is 1. The highest BCUT2D eigenvalue weighted by Gasteiger charge is 2.25. The number of anilines is 1. The van der Waals surface area contributed by atoms with Gasteiger partial charge in [0, 0.05) is 23.9 Å². The molecule has 0 bridgehead atoms. The minimum atomic E-state index is -0.713. The van der Waals surface area contributed by atoms with Gasteiger partial charge in [0.25, 0.3) is 11.6 Å². The van der Waals surface area contributed by atoms with E-state index in [9.17, 15) is 19.7 Å². The molecule has 2 aromatic carbocycles. The first kappa shape index (κ1) is 22.5. The molecule has 4 aromatic rings. The molecule has 0 spiro atoms. The lowest BCUT2D eigenvalue weighted by molar-refractivity contribution is -0.384. The maximum atomic E-state index is 13.3. The summed E-state index contributed by atoms with van der Waals surface area (Å²) in [6.07, 6.45) is 5.35. The molecule has 0 atom stereocenters. The van der Waals surface area contributed by atoms with Gasteiger partial charge in [-0.25, -0.2) is 9.67 Å². The maximum absolute atomic E-state index is 13.3. The first-order valence-corrected chi connectivity index (χ1v) is 11.6. The molecule has 5 rings (SSSR count). The monoisotopic (exact) mass is 472 g/mol. The van der Waals surface area contributed by atoms with Crippen molar-refractivity contribution in [1.29, 1.82) is 0 Å². The third-order valence-electron chi connectivity index (χ3n) is 6.39. The predicted octanol–water partition coefficient (Wildman–Crippen LogP) is 4.56. The molecule has 10 heteroatoms. The van der Waals surface area contributed by atoms with Crippen molar-refractivity contribution in [3.63, 3.8) is 0 Å². The van der Waals surface area contributed by atoms with Crippen LogP contribution in [-0.2, 0) is 0 Å². The van der Waals surface area contributed by atoms with E-state index in [2.05, 4.69) is 15.4 Å². The lowest BCUT2D eigenvalue weighted by Crippen LogP contribution is -2.28. The Balaban J connectivity index is 1.56. The maximum Gasteiger partial charge on any atom is 0.294 e. The minimum Gasteiger partial charge on any atom is -0.307 e. The van der Waals surface area contributed by atoms with Crippen LogP contribution in [0.25, 0.3) is 16.7 Å². The molecule has 1 fully saturated rings. The molecule has 2 aromatic heterocycles. The fourth-order valence-corrected chi connectivity index (χ4v) is 4.75. The first-order valence-electron chi connectivity index (χ1n) is 11.6. The summed E-state index contributed by atoms with van der Waals surface area (Å²) in [5, 5.41) is 18.5. The number of hydrogen-bond acceptors (Lipinski definition) is 6. The molecule has 178 valence electrons. The molecule has 0 radical (unpaired) electrons. The highest BCUT2D eigenvalue weighted by atomic mass is 16.6. The average molecular weight is 473 g/mol. The van der Waals surface area contributed by atoms with Gasteiger partial charge in [-0.3, -0.25) is 25.0 Å². The van der Waals surface area contributed by atoms with E-state index in [1.165, 1.54) is 29.3 Å². The van der Waals surface area contributed by atoms with Crippen LogP contribution in [0.15, 0.2) is 59.4 Å². The molecule has 1 aliphatic carbocycles. The molecule has 2 heterocycles. The second-order valence-corrected chi connectivity index (χ2v) is 8.70. The highest BCUT2D eigenvalue weighted by Crippen LogP contribution is 2.34. The molecule has 0 saturated heterocycles. The fraction of sp³-hybridized carbons (Fsp3) is 0.280. The van der Waals surface area contributed by atoms with E-state index in [0.29, 0.717) is 11.6 Å². The molecule has 0 aliphatic heterocycles. The number of carbonyl (C=O) groups is 1. The van der Waals surface area contributed by atoms with Crippen LogP contribution < -0.4 is 10.7 Å². The SMILES string of the molecule is Cc1cc(=O)c(C(=O)Nc2nc3ccccc3n2C2CCCCC2)nn1-c1ccccc1[N+](=O)[O-]. The summed E-state index contributed by atoms with van der Waals surface area (Å²) >= 11 is 0. The van der Waals surface area contributed by atoms with Crippen molar-refractivity contribution in [2.45, 2.75) is 45.1 Å². The summed E-state index contributed by atoms with van der Waals surface area (Å²) < 4.78 is 3.29. The van der Waals surface area contributed by atoms with E-state index < -0.39 is 16.3 Å². The number of imidazole rings is 1. The second kappa shape index (κ2) is 9.13. The summed E-state index contributed by atoms with van der Waals surface area (Å²) in [6.45, 7) is 1.61. The number of carbonyl (C=O) groups excluding carboxylic acids is 1. The van der Waals surface area contributed by atoms with E-state index >= 15 is 0 Å². The van der Waals surface area contributed by atoms with E-state index in [0.717, 1.165) is 36.7 Å². The molecule has 1 aliphatic rings. The Morgan fingerprint density at radius 1 is 1.09 bits per heavy atom. The van der Waals surface area contributed by atoms with Crippen LogP contribution in [-0.4, -0.2) is 30.2 Å². The van der Waals surface area contributed by atoms with Gasteiger partial charge in [0.1, 0.15) is 5.69 Å². The van der Waals surface area contributed by atoms with Gasteiger partial charge in [-0.1, -0.05) is 43.5 Å². The standard InChI is InChI=1S/C25H24N6O4/c1-16-15-22(32)23(28-30(16)20-13-7-8-14-21(20)31(34)35)24(33)27-25-26-18-11-5-6-12-19(18)29(25)17-9-3-2-4-10-17/h5-8,11-15,17H,2-4,9-10H2,1H3,(H,26,27,33). The lowest BCUT2D eigenvalue weighted by atomic mass is 9.95. The van der Waals surface area contributed by atoms with E-state index in [1.807, 2.05) is 28.8 Å². The molecule has 1 amide bonds. The summed E-state index contributed by atoms with van der Waals surface area (Å²) in [5.74, 6) is -0.350. The Morgan fingerprint density at radius 3 is 2.57 bits per heavy atom. The topological polar surface area (TPSA) is 125 Å². The molecule has 1 saturated carbocycles. The largest absolute Gasteiger partial charge is 0.307 e. The smallest absolute Gasteiger partial charge is 0.294 e. The second-order valence-electron chi connectivity index (χ2n) is 8.70. The van der Waals surface area contributed by atoms with E-state index in [4.69, 9.17) is 0 Å². The summed E-state index contributed by atoms with van der Waals surface area (Å²) in [5.41, 5.74) is 1.09. The van der Waals surface area contributed by atoms with Crippen LogP contribution in [0.3, 0.4) is 0 Å². The zero-order chi connectivity index (χ0) is 24.5. The zero-order valence-electron chi connectivity index (χ0n) is 19.2. The predicted molar refractivity (Wildman–Crippen MR) is 131 cm³/mol. The molecule has 35 heavy (non-hydrogen) atoms. The Kier molecular flexibility index (Phi) is 5.86. The quantitative estimate of drug-likeness (QED) is 0.335. The van der Waals surface area contributed by atoms with Gasteiger partial charge in [0.15, 0.2) is 5.69 Å². The Bertz CT molecular complexity index is 1500. The van der Waals surface area contributed by atoms with Crippen molar-refractivity contribution in [2.75, 3.05) is 5.32 Å². The summed E-state index contributed by atoms with van der Waals surface area (Å²) in [7, 11) is 0. The normalized spacial score (nSPS) is 14.2. The highest BCUT2D eigenvalue weighted by molar-refractivity contribution is 6.02. The Labute approximate surface area is 200 Å². The number of benzene rings is 2. The Hall–Kier alpha value is -4.34. The third-order valence-corrected chi connectivity index (χ3v) is 6.39. The number of nitrogens with zero attached hydrogens (tertiary/aromatic N) is 5. The third kappa shape index (κ3) is 4.18. The van der Waals surface area contributed by atoms with Gasteiger partial charge in [-0.05, 0) is 38.0 Å². The Morgan fingerprint density at radius 2 is 1.80 bits per heavy atom. The van der Waals surface area contributed by atoms with Crippen molar-refractivity contribution < 1.29 is 9.72 Å². The molecular formula is C25H24N6O4. The number of nitro groups is 1. The number of hydrogen-bond donors (Lipinski definition) is 1. The van der Waals surface area contributed by atoms with Crippen LogP contribution in [0.5, 0.6) is 0 Å². The van der Waals surface area contributed by atoms with E-state index in [-0.39, 0.29) is 23.1 Å². The lowest BCUT2D eigenvalue weighted by Gasteiger charge is -2.25. The first-order chi connectivity index (χ1) is 16.9. The number of aromatic nitrogens is 4. The van der Waals surface area contributed by atoms with Crippen molar-refractivity contribution >= 4 is 28.6 Å². The average Bonchev–Trinajstić information content (AvgIpc) is 3.22. The van der Waals surface area contributed by atoms with Gasteiger partial charge in [-0.15, -0.1) is 0 Å². The number of para-hydroxylation sites is 4. The number of rotatable bonds is 5. The van der Waals surface area contributed by atoms with Crippen molar-refractivity contribution in [1.82, 2.24) is 19.3 Å². The van der Waals surface area contributed by atoms with Gasteiger partial charge in [0.05, 0.1) is 16.0 Å². The molecule has 1 N–H and O–H groups in total. The molecular weight excluding hydrogens is 448 g/mol. The molecule has 0 unspecified atom stereocenters. The van der Waals surface area contributed by atoms with Crippen LogP contribution in [0, 0.1) is 17.0 Å². The van der Waals surface area contributed by atoms with E-state index in [1.54, 1.807) is 19.1 Å². The van der Waals surface area contributed by atoms with Crippen LogP contribution >= 0.6 is 0 Å². The number of fused-ring (bicyclic) bond motifs is 1. The van der Waals surface area contributed by atoms with Crippen LogP contribution in [0.4, 0.5) is 11.6 Å².